The second-order valence-electron chi connectivity index (χ2n) is 3.67. The molecule has 0 aromatic heterocycles. The highest BCUT2D eigenvalue weighted by molar-refractivity contribution is 9.09. The van der Waals surface area contributed by atoms with E-state index in [0.29, 0.717) is 22.9 Å². The second-order valence-corrected chi connectivity index (χ2v) is 4.47. The number of nitrogens with zero attached hydrogens (tertiary/aromatic N) is 1. The highest BCUT2D eigenvalue weighted by Crippen LogP contribution is 2.23. The van der Waals surface area contributed by atoms with E-state index in [-0.39, 0.29) is 0 Å². The molecule has 0 amide bonds. The lowest BCUT2D eigenvalue weighted by Gasteiger charge is -2.19. The Hall–Kier alpha value is -0.890. The largest absolute Gasteiger partial charge is 0.390 e. The standard InChI is InChI=1S/C12H14BrNO2/c1-8-6-9(7-14)2-3-10(8)12(16)11(15)4-5-13/h2-3,6,11-12,15-16H,4-5H2,1H3. The van der Waals surface area contributed by atoms with Crippen LogP contribution in [-0.4, -0.2) is 21.6 Å². The van der Waals surface area contributed by atoms with Crippen molar-refractivity contribution >= 4 is 15.9 Å². The summed E-state index contributed by atoms with van der Waals surface area (Å²) in [4.78, 5) is 0. The molecule has 0 heterocycles. The topological polar surface area (TPSA) is 64.2 Å². The maximum Gasteiger partial charge on any atom is 0.105 e. The smallest absolute Gasteiger partial charge is 0.105 e. The van der Waals surface area contributed by atoms with Crippen LogP contribution in [0.2, 0.25) is 0 Å². The van der Waals surface area contributed by atoms with Crippen molar-refractivity contribution in [3.8, 4) is 6.07 Å². The first-order chi connectivity index (χ1) is 7.60. The molecule has 1 rings (SSSR count). The van der Waals surface area contributed by atoms with Gasteiger partial charge in [-0.1, -0.05) is 22.0 Å². The van der Waals surface area contributed by atoms with Gasteiger partial charge in [-0.2, -0.15) is 5.26 Å². The number of hydrogen-bond donors (Lipinski definition) is 2. The van der Waals surface area contributed by atoms with Gasteiger partial charge in [0.1, 0.15) is 6.10 Å². The molecule has 16 heavy (non-hydrogen) atoms. The van der Waals surface area contributed by atoms with Crippen LogP contribution in [-0.2, 0) is 0 Å². The van der Waals surface area contributed by atoms with Crippen LogP contribution in [0.15, 0.2) is 18.2 Å². The van der Waals surface area contributed by atoms with Crippen molar-refractivity contribution in [2.75, 3.05) is 5.33 Å². The third kappa shape index (κ3) is 3.05. The van der Waals surface area contributed by atoms with Gasteiger partial charge in [0.05, 0.1) is 17.7 Å². The lowest BCUT2D eigenvalue weighted by atomic mass is 9.97. The molecule has 4 heteroatoms. The van der Waals surface area contributed by atoms with Gasteiger partial charge < -0.3 is 10.2 Å². The quantitative estimate of drug-likeness (QED) is 0.832. The molecule has 0 aliphatic heterocycles. The van der Waals surface area contributed by atoms with E-state index in [1.54, 1.807) is 18.2 Å². The minimum Gasteiger partial charge on any atom is -0.390 e. The summed E-state index contributed by atoms with van der Waals surface area (Å²) in [7, 11) is 0. The zero-order chi connectivity index (χ0) is 12.1. The van der Waals surface area contributed by atoms with Crippen LogP contribution in [0.1, 0.15) is 29.2 Å². The van der Waals surface area contributed by atoms with Crippen molar-refractivity contribution in [3.05, 3.63) is 34.9 Å². The van der Waals surface area contributed by atoms with Gasteiger partial charge in [0.15, 0.2) is 0 Å². The van der Waals surface area contributed by atoms with E-state index in [1.807, 2.05) is 13.0 Å². The van der Waals surface area contributed by atoms with E-state index in [0.717, 1.165) is 5.56 Å². The molecular weight excluding hydrogens is 270 g/mol. The Labute approximate surface area is 103 Å². The molecule has 0 saturated carbocycles. The lowest BCUT2D eigenvalue weighted by molar-refractivity contribution is 0.0170. The molecule has 0 saturated heterocycles. The Morgan fingerprint density at radius 3 is 2.62 bits per heavy atom. The number of aliphatic hydroxyl groups is 2. The van der Waals surface area contributed by atoms with E-state index >= 15 is 0 Å². The van der Waals surface area contributed by atoms with Gasteiger partial charge in [0, 0.05) is 5.33 Å². The van der Waals surface area contributed by atoms with Crippen molar-refractivity contribution in [3.63, 3.8) is 0 Å². The van der Waals surface area contributed by atoms with E-state index in [4.69, 9.17) is 5.26 Å². The van der Waals surface area contributed by atoms with Crippen LogP contribution in [0.3, 0.4) is 0 Å². The average molecular weight is 284 g/mol. The van der Waals surface area contributed by atoms with Crippen LogP contribution >= 0.6 is 15.9 Å². The molecule has 2 unspecified atom stereocenters. The molecule has 1 aromatic rings. The van der Waals surface area contributed by atoms with Crippen molar-refractivity contribution in [1.82, 2.24) is 0 Å². The molecule has 3 nitrogen and oxygen atoms in total. The van der Waals surface area contributed by atoms with Crippen LogP contribution in [0.25, 0.3) is 0 Å². The molecule has 0 radical (unpaired) electrons. The number of aryl methyl sites for hydroxylation is 1. The fourth-order valence-electron chi connectivity index (χ4n) is 1.55. The van der Waals surface area contributed by atoms with Crippen LogP contribution in [0.5, 0.6) is 0 Å². The number of nitriles is 1. The average Bonchev–Trinajstić information content (AvgIpc) is 2.28. The van der Waals surface area contributed by atoms with Gasteiger partial charge in [-0.15, -0.1) is 0 Å². The minimum absolute atomic E-state index is 0.487. The molecule has 2 N–H and O–H groups in total. The SMILES string of the molecule is Cc1cc(C#N)ccc1C(O)C(O)CCBr. The molecule has 86 valence electrons. The summed E-state index contributed by atoms with van der Waals surface area (Å²) in [6.07, 6.45) is -1.20. The van der Waals surface area contributed by atoms with Crippen LogP contribution in [0.4, 0.5) is 0 Å². The highest BCUT2D eigenvalue weighted by Gasteiger charge is 2.19. The Balaban J connectivity index is 2.92. The van der Waals surface area contributed by atoms with Gasteiger partial charge in [-0.3, -0.25) is 0 Å². The van der Waals surface area contributed by atoms with Crippen LogP contribution in [0, 0.1) is 18.3 Å². The second kappa shape index (κ2) is 6.00. The number of alkyl halides is 1. The fraction of sp³-hybridized carbons (Fsp3) is 0.417. The summed E-state index contributed by atoms with van der Waals surface area (Å²) in [5.74, 6) is 0. The Bertz CT molecular complexity index is 400. The maximum absolute atomic E-state index is 9.91. The summed E-state index contributed by atoms with van der Waals surface area (Å²) in [5, 5.41) is 28.9. The van der Waals surface area contributed by atoms with E-state index in [1.165, 1.54) is 0 Å². The van der Waals surface area contributed by atoms with Crippen molar-refractivity contribution < 1.29 is 10.2 Å². The Morgan fingerprint density at radius 2 is 2.12 bits per heavy atom. The molecular formula is C12H14BrNO2. The van der Waals surface area contributed by atoms with E-state index in [9.17, 15) is 10.2 Å². The van der Waals surface area contributed by atoms with Gasteiger partial charge in [-0.25, -0.2) is 0 Å². The number of halogens is 1. The molecule has 0 bridgehead atoms. The molecule has 0 aliphatic carbocycles. The third-order valence-corrected chi connectivity index (χ3v) is 2.94. The number of rotatable bonds is 4. The maximum atomic E-state index is 9.91. The summed E-state index contributed by atoms with van der Waals surface area (Å²) in [6.45, 7) is 1.82. The predicted molar refractivity (Wildman–Crippen MR) is 65.3 cm³/mol. The Kier molecular flexibility index (Phi) is 4.94. The number of benzene rings is 1. The minimum atomic E-state index is -0.898. The van der Waals surface area contributed by atoms with Crippen molar-refractivity contribution in [2.45, 2.75) is 25.6 Å². The highest BCUT2D eigenvalue weighted by atomic mass is 79.9. The first kappa shape index (κ1) is 13.2. The summed E-state index contributed by atoms with van der Waals surface area (Å²) >= 11 is 3.22. The molecule has 2 atom stereocenters. The number of aliphatic hydroxyl groups excluding tert-OH is 2. The third-order valence-electron chi connectivity index (χ3n) is 2.49. The predicted octanol–water partition coefficient (Wildman–Crippen LogP) is 2.05. The van der Waals surface area contributed by atoms with Gasteiger partial charge in [-0.05, 0) is 36.6 Å². The first-order valence-corrected chi connectivity index (χ1v) is 6.15. The fourth-order valence-corrected chi connectivity index (χ4v) is 2.02. The summed E-state index contributed by atoms with van der Waals surface area (Å²) in [5.41, 5.74) is 2.05. The molecule has 1 aromatic carbocycles. The zero-order valence-corrected chi connectivity index (χ0v) is 10.6. The summed E-state index contributed by atoms with van der Waals surface area (Å²) < 4.78 is 0. The lowest BCUT2D eigenvalue weighted by Crippen LogP contribution is -2.19. The van der Waals surface area contributed by atoms with E-state index in [2.05, 4.69) is 15.9 Å². The number of hydrogen-bond acceptors (Lipinski definition) is 3. The summed E-state index contributed by atoms with van der Waals surface area (Å²) in [6, 6.07) is 7.08. The van der Waals surface area contributed by atoms with Gasteiger partial charge in [0.25, 0.3) is 0 Å². The van der Waals surface area contributed by atoms with Gasteiger partial charge >= 0.3 is 0 Å². The van der Waals surface area contributed by atoms with Gasteiger partial charge in [0.2, 0.25) is 0 Å². The monoisotopic (exact) mass is 283 g/mol. The molecule has 0 aliphatic rings. The Morgan fingerprint density at radius 1 is 1.44 bits per heavy atom. The zero-order valence-electron chi connectivity index (χ0n) is 9.02. The molecule has 0 fully saturated rings. The first-order valence-electron chi connectivity index (χ1n) is 5.03. The molecule has 0 spiro atoms. The van der Waals surface area contributed by atoms with Crippen molar-refractivity contribution in [2.24, 2.45) is 0 Å². The normalized spacial score (nSPS) is 14.2. The van der Waals surface area contributed by atoms with Crippen molar-refractivity contribution in [1.29, 1.82) is 5.26 Å². The van der Waals surface area contributed by atoms with E-state index < -0.39 is 12.2 Å². The van der Waals surface area contributed by atoms with Crippen LogP contribution < -0.4 is 0 Å².